The number of esters is 1. The van der Waals surface area contributed by atoms with Crippen molar-refractivity contribution in [3.8, 4) is 0 Å². The normalized spacial score (nSPS) is 29.8. The zero-order valence-corrected chi connectivity index (χ0v) is 7.45. The summed E-state index contributed by atoms with van der Waals surface area (Å²) in [5.74, 6) is 0.303. The maximum atomic E-state index is 10.9. The summed E-state index contributed by atoms with van der Waals surface area (Å²) in [4.78, 5) is 10.9. The van der Waals surface area contributed by atoms with E-state index in [1.54, 1.807) is 0 Å². The third-order valence-electron chi connectivity index (χ3n) is 2.50. The molecule has 0 amide bonds. The standard InChI is InChI=1S/C9H16O3/c1-12-9(11)6-7-2-4-8(10)5-3-7/h7-8,10H,2-6H2,1H3/t7-,8+. The molecule has 3 heteroatoms. The lowest BCUT2D eigenvalue weighted by molar-refractivity contribution is -0.142. The Hall–Kier alpha value is -0.570. The van der Waals surface area contributed by atoms with Crippen molar-refractivity contribution in [2.45, 2.75) is 38.2 Å². The van der Waals surface area contributed by atoms with E-state index in [-0.39, 0.29) is 12.1 Å². The van der Waals surface area contributed by atoms with Gasteiger partial charge in [0.05, 0.1) is 13.2 Å². The fourth-order valence-corrected chi connectivity index (χ4v) is 1.67. The summed E-state index contributed by atoms with van der Waals surface area (Å²) in [6.45, 7) is 0. The predicted molar refractivity (Wildman–Crippen MR) is 44.6 cm³/mol. The molecule has 1 aliphatic rings. The lowest BCUT2D eigenvalue weighted by Gasteiger charge is -2.24. The maximum absolute atomic E-state index is 10.9. The number of ether oxygens (including phenoxy) is 1. The molecule has 0 radical (unpaired) electrons. The van der Waals surface area contributed by atoms with Crippen molar-refractivity contribution >= 4 is 5.97 Å². The molecular formula is C9H16O3. The van der Waals surface area contributed by atoms with Crippen LogP contribution < -0.4 is 0 Å². The van der Waals surface area contributed by atoms with Gasteiger partial charge in [0, 0.05) is 6.42 Å². The van der Waals surface area contributed by atoms with Crippen LogP contribution in [0.1, 0.15) is 32.1 Å². The van der Waals surface area contributed by atoms with Gasteiger partial charge < -0.3 is 9.84 Å². The minimum atomic E-state index is -0.140. The Kier molecular flexibility index (Phi) is 3.53. The first-order valence-corrected chi connectivity index (χ1v) is 4.47. The van der Waals surface area contributed by atoms with E-state index in [0.717, 1.165) is 25.7 Å². The monoisotopic (exact) mass is 172 g/mol. The van der Waals surface area contributed by atoms with E-state index in [1.165, 1.54) is 7.11 Å². The van der Waals surface area contributed by atoms with Crippen molar-refractivity contribution in [2.24, 2.45) is 5.92 Å². The second kappa shape index (κ2) is 4.45. The molecule has 12 heavy (non-hydrogen) atoms. The average Bonchev–Trinajstić information content (AvgIpc) is 2.09. The van der Waals surface area contributed by atoms with Crippen LogP contribution in [0.5, 0.6) is 0 Å². The molecule has 0 bridgehead atoms. The van der Waals surface area contributed by atoms with E-state index < -0.39 is 0 Å². The molecule has 1 fully saturated rings. The SMILES string of the molecule is COC(=O)C[C@H]1CC[C@@H](O)CC1. The van der Waals surface area contributed by atoms with Gasteiger partial charge in [0.2, 0.25) is 0 Å². The number of aliphatic hydroxyl groups is 1. The van der Waals surface area contributed by atoms with Gasteiger partial charge in [-0.2, -0.15) is 0 Å². The van der Waals surface area contributed by atoms with Gasteiger partial charge >= 0.3 is 5.97 Å². The molecule has 0 aromatic heterocycles. The first-order valence-electron chi connectivity index (χ1n) is 4.47. The summed E-state index contributed by atoms with van der Waals surface area (Å²) >= 11 is 0. The molecule has 0 aliphatic heterocycles. The van der Waals surface area contributed by atoms with Crippen LogP contribution in [0.15, 0.2) is 0 Å². The first kappa shape index (κ1) is 9.52. The fourth-order valence-electron chi connectivity index (χ4n) is 1.67. The summed E-state index contributed by atoms with van der Waals surface area (Å²) in [6.07, 6.45) is 3.96. The number of rotatable bonds is 2. The Labute approximate surface area is 72.7 Å². The molecule has 1 N–H and O–H groups in total. The number of hydrogen-bond donors (Lipinski definition) is 1. The molecule has 3 nitrogen and oxygen atoms in total. The summed E-state index contributed by atoms with van der Waals surface area (Å²) < 4.78 is 4.58. The van der Waals surface area contributed by atoms with E-state index in [2.05, 4.69) is 4.74 Å². The van der Waals surface area contributed by atoms with Gasteiger partial charge in [0.15, 0.2) is 0 Å². The average molecular weight is 172 g/mol. The predicted octanol–water partition coefficient (Wildman–Crippen LogP) is 1.10. The molecule has 1 rings (SSSR count). The second-order valence-electron chi connectivity index (χ2n) is 3.45. The van der Waals surface area contributed by atoms with E-state index in [4.69, 9.17) is 0 Å². The van der Waals surface area contributed by atoms with Crippen LogP contribution in [0, 0.1) is 5.92 Å². The van der Waals surface area contributed by atoms with E-state index in [9.17, 15) is 9.90 Å². The van der Waals surface area contributed by atoms with Gasteiger partial charge in [-0.25, -0.2) is 0 Å². The van der Waals surface area contributed by atoms with Crippen LogP contribution >= 0.6 is 0 Å². The van der Waals surface area contributed by atoms with Gasteiger partial charge in [0.25, 0.3) is 0 Å². The zero-order valence-electron chi connectivity index (χ0n) is 7.45. The molecule has 1 saturated carbocycles. The summed E-state index contributed by atoms with van der Waals surface area (Å²) in [5, 5.41) is 9.20. The topological polar surface area (TPSA) is 46.5 Å². The number of hydrogen-bond acceptors (Lipinski definition) is 3. The second-order valence-corrected chi connectivity index (χ2v) is 3.45. The third kappa shape index (κ3) is 2.81. The van der Waals surface area contributed by atoms with Crippen molar-refractivity contribution in [3.63, 3.8) is 0 Å². The van der Waals surface area contributed by atoms with Crippen LogP contribution in [0.25, 0.3) is 0 Å². The molecule has 0 unspecified atom stereocenters. The fraction of sp³-hybridized carbons (Fsp3) is 0.889. The highest BCUT2D eigenvalue weighted by molar-refractivity contribution is 5.69. The minimum absolute atomic E-state index is 0.128. The number of carbonyl (C=O) groups excluding carboxylic acids is 1. The Balaban J connectivity index is 2.21. The summed E-state index contributed by atoms with van der Waals surface area (Å²) in [5.41, 5.74) is 0. The molecular weight excluding hydrogens is 156 g/mol. The quantitative estimate of drug-likeness (QED) is 0.634. The van der Waals surface area contributed by atoms with Crippen LogP contribution in [-0.4, -0.2) is 24.3 Å². The molecule has 0 spiro atoms. The van der Waals surface area contributed by atoms with Crippen molar-refractivity contribution in [3.05, 3.63) is 0 Å². The Morgan fingerprint density at radius 3 is 2.50 bits per heavy atom. The Morgan fingerprint density at radius 2 is 2.00 bits per heavy atom. The van der Waals surface area contributed by atoms with Gasteiger partial charge in [-0.1, -0.05) is 0 Å². The zero-order chi connectivity index (χ0) is 8.97. The molecule has 0 aromatic rings. The van der Waals surface area contributed by atoms with Gasteiger partial charge in [-0.3, -0.25) is 4.79 Å². The minimum Gasteiger partial charge on any atom is -0.469 e. The Bertz CT molecular complexity index is 148. The molecule has 0 heterocycles. The number of aliphatic hydroxyl groups excluding tert-OH is 1. The van der Waals surface area contributed by atoms with Gasteiger partial charge in [-0.05, 0) is 31.6 Å². The highest BCUT2D eigenvalue weighted by Crippen LogP contribution is 2.26. The van der Waals surface area contributed by atoms with Crippen molar-refractivity contribution in [1.82, 2.24) is 0 Å². The highest BCUT2D eigenvalue weighted by Gasteiger charge is 2.21. The molecule has 0 saturated heterocycles. The van der Waals surface area contributed by atoms with Crippen LogP contribution in [0.4, 0.5) is 0 Å². The van der Waals surface area contributed by atoms with E-state index in [0.29, 0.717) is 12.3 Å². The summed E-state index contributed by atoms with van der Waals surface area (Å²) in [7, 11) is 1.42. The van der Waals surface area contributed by atoms with Crippen molar-refractivity contribution in [1.29, 1.82) is 0 Å². The van der Waals surface area contributed by atoms with E-state index >= 15 is 0 Å². The lowest BCUT2D eigenvalue weighted by atomic mass is 9.85. The highest BCUT2D eigenvalue weighted by atomic mass is 16.5. The van der Waals surface area contributed by atoms with Gasteiger partial charge in [0.1, 0.15) is 0 Å². The van der Waals surface area contributed by atoms with Crippen molar-refractivity contribution in [2.75, 3.05) is 7.11 Å². The summed E-state index contributed by atoms with van der Waals surface area (Å²) in [6, 6.07) is 0. The largest absolute Gasteiger partial charge is 0.469 e. The molecule has 0 aromatic carbocycles. The maximum Gasteiger partial charge on any atom is 0.305 e. The Morgan fingerprint density at radius 1 is 1.42 bits per heavy atom. The van der Waals surface area contributed by atoms with Crippen LogP contribution in [0.3, 0.4) is 0 Å². The van der Waals surface area contributed by atoms with E-state index in [1.807, 2.05) is 0 Å². The first-order chi connectivity index (χ1) is 5.72. The lowest BCUT2D eigenvalue weighted by Crippen LogP contribution is -2.20. The molecule has 0 atom stereocenters. The third-order valence-corrected chi connectivity index (χ3v) is 2.50. The number of carbonyl (C=O) groups is 1. The molecule has 1 aliphatic carbocycles. The molecule has 70 valence electrons. The smallest absolute Gasteiger partial charge is 0.305 e. The number of methoxy groups -OCH3 is 1. The van der Waals surface area contributed by atoms with Crippen LogP contribution in [-0.2, 0) is 9.53 Å². The van der Waals surface area contributed by atoms with Crippen molar-refractivity contribution < 1.29 is 14.6 Å². The van der Waals surface area contributed by atoms with Gasteiger partial charge in [-0.15, -0.1) is 0 Å². The van der Waals surface area contributed by atoms with Crippen LogP contribution in [0.2, 0.25) is 0 Å².